The molecule has 1 atom stereocenters. The number of piperazine rings is 1. The topological polar surface area (TPSA) is 52.4 Å². The highest BCUT2D eigenvalue weighted by Crippen LogP contribution is 2.27. The number of ether oxygens (including phenoxy) is 1. The predicted octanol–water partition coefficient (Wildman–Crippen LogP) is 3.47. The molecule has 1 unspecified atom stereocenters. The van der Waals surface area contributed by atoms with E-state index in [2.05, 4.69) is 21.7 Å². The number of nitrogens with zero attached hydrogens (tertiary/aromatic N) is 4. The first kappa shape index (κ1) is 18.4. The third kappa shape index (κ3) is 3.90. The van der Waals surface area contributed by atoms with Crippen molar-refractivity contribution < 1.29 is 9.13 Å². The average molecular weight is 375 g/mol. The molecule has 0 bridgehead atoms. The minimum Gasteiger partial charge on any atom is -0.494 e. The number of anilines is 1. The van der Waals surface area contributed by atoms with E-state index in [4.69, 9.17) is 21.6 Å². The minimum atomic E-state index is -0.343. The predicted molar refractivity (Wildman–Crippen MR) is 99.0 cm³/mol. The van der Waals surface area contributed by atoms with Crippen molar-refractivity contribution in [3.63, 3.8) is 0 Å². The van der Waals surface area contributed by atoms with Gasteiger partial charge in [0.25, 0.3) is 0 Å². The molecule has 0 aliphatic carbocycles. The molecule has 7 heteroatoms. The lowest BCUT2D eigenvalue weighted by Gasteiger charge is -2.40. The lowest BCUT2D eigenvalue weighted by atomic mass is 10.1. The van der Waals surface area contributed by atoms with E-state index in [9.17, 15) is 4.39 Å². The summed E-state index contributed by atoms with van der Waals surface area (Å²) in [7, 11) is 1.46. The van der Waals surface area contributed by atoms with Crippen LogP contribution in [0.3, 0.4) is 0 Å². The van der Waals surface area contributed by atoms with E-state index in [1.807, 2.05) is 12.1 Å². The van der Waals surface area contributed by atoms with Crippen LogP contribution in [0.15, 0.2) is 30.5 Å². The quantitative estimate of drug-likeness (QED) is 0.820. The smallest absolute Gasteiger partial charge is 0.165 e. The molecule has 2 aromatic rings. The standard InChI is InChI=1S/C19H20ClFN4O/c1-13-11-25(19-16(20)7-15(9-22)10-23-19)6-5-24(13)12-14-3-4-18(26-2)17(21)8-14/h3-4,7-8,10,13H,5-6,11-12H2,1-2H3. The Hall–Kier alpha value is -2.36. The molecule has 0 saturated carbocycles. The first-order valence-corrected chi connectivity index (χ1v) is 8.76. The van der Waals surface area contributed by atoms with Crippen LogP contribution < -0.4 is 9.64 Å². The third-order valence-electron chi connectivity index (χ3n) is 4.62. The fourth-order valence-corrected chi connectivity index (χ4v) is 3.48. The van der Waals surface area contributed by atoms with Crippen LogP contribution in [0.5, 0.6) is 5.75 Å². The van der Waals surface area contributed by atoms with Crippen molar-refractivity contribution in [3.8, 4) is 11.8 Å². The maximum absolute atomic E-state index is 13.9. The van der Waals surface area contributed by atoms with Crippen LogP contribution in [-0.4, -0.2) is 42.7 Å². The fraction of sp³-hybridized carbons (Fsp3) is 0.368. The monoisotopic (exact) mass is 374 g/mol. The second kappa shape index (κ2) is 7.90. The van der Waals surface area contributed by atoms with Crippen LogP contribution in [0.4, 0.5) is 10.2 Å². The van der Waals surface area contributed by atoms with Gasteiger partial charge in [0, 0.05) is 38.4 Å². The first-order valence-electron chi connectivity index (χ1n) is 8.39. The van der Waals surface area contributed by atoms with Crippen LogP contribution in [0.1, 0.15) is 18.1 Å². The van der Waals surface area contributed by atoms with Gasteiger partial charge in [-0.15, -0.1) is 0 Å². The fourth-order valence-electron chi connectivity index (χ4n) is 3.19. The Labute approximate surface area is 157 Å². The van der Waals surface area contributed by atoms with Gasteiger partial charge in [-0.05, 0) is 30.7 Å². The van der Waals surface area contributed by atoms with E-state index in [0.717, 1.165) is 25.2 Å². The maximum Gasteiger partial charge on any atom is 0.165 e. The lowest BCUT2D eigenvalue weighted by molar-refractivity contribution is 0.180. The van der Waals surface area contributed by atoms with Gasteiger partial charge >= 0.3 is 0 Å². The molecule has 1 aliphatic rings. The molecule has 2 heterocycles. The van der Waals surface area contributed by atoms with Gasteiger partial charge < -0.3 is 9.64 Å². The zero-order chi connectivity index (χ0) is 18.7. The van der Waals surface area contributed by atoms with Crippen molar-refractivity contribution in [1.29, 1.82) is 5.26 Å². The molecular formula is C19H20ClFN4O. The van der Waals surface area contributed by atoms with Crippen LogP contribution in [-0.2, 0) is 6.54 Å². The Morgan fingerprint density at radius 1 is 1.38 bits per heavy atom. The molecule has 1 aliphatic heterocycles. The van der Waals surface area contributed by atoms with Crippen LogP contribution in [0, 0.1) is 17.1 Å². The summed E-state index contributed by atoms with van der Waals surface area (Å²) in [6.07, 6.45) is 1.54. The number of hydrogen-bond acceptors (Lipinski definition) is 5. The SMILES string of the molecule is COc1ccc(CN2CCN(c3ncc(C#N)cc3Cl)CC2C)cc1F. The average Bonchev–Trinajstić information content (AvgIpc) is 2.63. The van der Waals surface area contributed by atoms with Gasteiger partial charge in [0.1, 0.15) is 11.9 Å². The molecule has 1 aromatic carbocycles. The third-order valence-corrected chi connectivity index (χ3v) is 4.90. The van der Waals surface area contributed by atoms with E-state index in [1.165, 1.54) is 13.2 Å². The summed E-state index contributed by atoms with van der Waals surface area (Å²) in [5.74, 6) is 0.616. The second-order valence-electron chi connectivity index (χ2n) is 6.38. The molecule has 1 fully saturated rings. The Balaban J connectivity index is 1.67. The Morgan fingerprint density at radius 2 is 2.19 bits per heavy atom. The number of aromatic nitrogens is 1. The summed E-state index contributed by atoms with van der Waals surface area (Å²) in [5.41, 5.74) is 1.37. The lowest BCUT2D eigenvalue weighted by Crippen LogP contribution is -2.51. The van der Waals surface area contributed by atoms with Gasteiger partial charge in [-0.1, -0.05) is 17.7 Å². The van der Waals surface area contributed by atoms with E-state index >= 15 is 0 Å². The Morgan fingerprint density at radius 3 is 2.81 bits per heavy atom. The summed E-state index contributed by atoms with van der Waals surface area (Å²) in [6.45, 7) is 5.14. The molecular weight excluding hydrogens is 355 g/mol. The zero-order valence-electron chi connectivity index (χ0n) is 14.7. The van der Waals surface area contributed by atoms with Gasteiger partial charge in [0.15, 0.2) is 11.6 Å². The number of hydrogen-bond donors (Lipinski definition) is 0. The van der Waals surface area contributed by atoms with E-state index in [-0.39, 0.29) is 17.6 Å². The van der Waals surface area contributed by atoms with Crippen LogP contribution in [0.2, 0.25) is 5.02 Å². The molecule has 136 valence electrons. The van der Waals surface area contributed by atoms with E-state index in [1.54, 1.807) is 18.3 Å². The van der Waals surface area contributed by atoms with Crippen molar-refractivity contribution in [2.24, 2.45) is 0 Å². The highest BCUT2D eigenvalue weighted by Gasteiger charge is 2.26. The number of halogens is 2. The van der Waals surface area contributed by atoms with E-state index in [0.29, 0.717) is 22.9 Å². The number of pyridine rings is 1. The minimum absolute atomic E-state index is 0.252. The molecule has 1 saturated heterocycles. The van der Waals surface area contributed by atoms with Crippen molar-refractivity contribution in [1.82, 2.24) is 9.88 Å². The zero-order valence-corrected chi connectivity index (χ0v) is 15.5. The van der Waals surface area contributed by atoms with Gasteiger partial charge in [-0.25, -0.2) is 9.37 Å². The van der Waals surface area contributed by atoms with E-state index < -0.39 is 0 Å². The van der Waals surface area contributed by atoms with Crippen LogP contribution >= 0.6 is 11.6 Å². The molecule has 0 spiro atoms. The van der Waals surface area contributed by atoms with Crippen molar-refractivity contribution in [2.45, 2.75) is 19.5 Å². The highest BCUT2D eigenvalue weighted by atomic mass is 35.5. The number of rotatable bonds is 4. The summed E-state index contributed by atoms with van der Waals surface area (Å²) in [5, 5.41) is 9.42. The number of nitriles is 1. The molecule has 3 rings (SSSR count). The van der Waals surface area contributed by atoms with Gasteiger partial charge in [0.05, 0.1) is 17.7 Å². The summed E-state index contributed by atoms with van der Waals surface area (Å²) in [6, 6.07) is 9.01. The molecule has 0 amide bonds. The van der Waals surface area contributed by atoms with Gasteiger partial charge in [-0.2, -0.15) is 5.26 Å². The van der Waals surface area contributed by atoms with Crippen LogP contribution in [0.25, 0.3) is 0 Å². The van der Waals surface area contributed by atoms with Crippen molar-refractivity contribution in [2.75, 3.05) is 31.6 Å². The number of benzene rings is 1. The van der Waals surface area contributed by atoms with Crippen molar-refractivity contribution in [3.05, 3.63) is 52.4 Å². The summed E-state index contributed by atoms with van der Waals surface area (Å²) < 4.78 is 18.9. The molecule has 0 radical (unpaired) electrons. The first-order chi connectivity index (χ1) is 12.5. The maximum atomic E-state index is 13.9. The molecule has 0 N–H and O–H groups in total. The molecule has 26 heavy (non-hydrogen) atoms. The Bertz CT molecular complexity index is 839. The molecule has 1 aromatic heterocycles. The molecule has 5 nitrogen and oxygen atoms in total. The normalized spacial score (nSPS) is 17.8. The Kier molecular flexibility index (Phi) is 5.60. The van der Waals surface area contributed by atoms with Crippen molar-refractivity contribution >= 4 is 17.4 Å². The highest BCUT2D eigenvalue weighted by molar-refractivity contribution is 6.33. The summed E-state index contributed by atoms with van der Waals surface area (Å²) in [4.78, 5) is 8.76. The van der Waals surface area contributed by atoms with Gasteiger partial charge in [0.2, 0.25) is 0 Å². The summed E-state index contributed by atoms with van der Waals surface area (Å²) >= 11 is 6.28. The number of methoxy groups -OCH3 is 1. The second-order valence-corrected chi connectivity index (χ2v) is 6.78. The largest absolute Gasteiger partial charge is 0.494 e. The van der Waals surface area contributed by atoms with Gasteiger partial charge in [-0.3, -0.25) is 4.90 Å².